The topological polar surface area (TPSA) is 87.9 Å². The fourth-order valence-electron chi connectivity index (χ4n) is 1.06. The Labute approximate surface area is 119 Å². The van der Waals surface area contributed by atoms with Crippen molar-refractivity contribution in [3.05, 3.63) is 33.3 Å². The minimum atomic E-state index is -3.84. The summed E-state index contributed by atoms with van der Waals surface area (Å²) in [5.74, 6) is 0.0528. The quantitative estimate of drug-likeness (QED) is 0.328. The zero-order chi connectivity index (χ0) is 14.5. The van der Waals surface area contributed by atoms with Gasteiger partial charge in [-0.05, 0) is 6.07 Å². The molecule has 1 atom stereocenters. The van der Waals surface area contributed by atoms with Crippen molar-refractivity contribution in [3.8, 4) is 5.75 Å². The second-order valence-corrected chi connectivity index (χ2v) is 5.60. The molecule has 7 nitrogen and oxygen atoms in total. The average Bonchev–Trinajstić information content (AvgIpc) is 2.38. The Hall–Kier alpha value is -0.850. The van der Waals surface area contributed by atoms with Gasteiger partial charge in [0, 0.05) is 25.1 Å². The first-order valence-corrected chi connectivity index (χ1v) is 7.29. The molecule has 0 N–H and O–H groups in total. The molecule has 1 aromatic carbocycles. The van der Waals surface area contributed by atoms with Crippen LogP contribution in [0.25, 0.3) is 0 Å². The summed E-state index contributed by atoms with van der Waals surface area (Å²) in [6.45, 7) is -0.0444. The van der Waals surface area contributed by atoms with Crippen molar-refractivity contribution in [2.75, 3.05) is 19.6 Å². The molecule has 0 heterocycles. The van der Waals surface area contributed by atoms with Gasteiger partial charge in [-0.15, -0.1) is 11.6 Å². The van der Waals surface area contributed by atoms with Crippen LogP contribution in [-0.4, -0.2) is 24.5 Å². The van der Waals surface area contributed by atoms with Crippen molar-refractivity contribution in [2.45, 2.75) is 0 Å². The minimum absolute atomic E-state index is 0.0444. The Morgan fingerprint density at radius 2 is 2.16 bits per heavy atom. The molecule has 0 spiro atoms. The molecular formula is C9H10Cl2NO6P. The van der Waals surface area contributed by atoms with E-state index in [1.54, 1.807) is 0 Å². The summed E-state index contributed by atoms with van der Waals surface area (Å²) in [7, 11) is -2.71. The fourth-order valence-corrected chi connectivity index (χ4v) is 2.46. The number of non-ortho nitro benzene ring substituents is 1. The van der Waals surface area contributed by atoms with Gasteiger partial charge in [0.1, 0.15) is 0 Å². The molecule has 0 radical (unpaired) electrons. The predicted octanol–water partition coefficient (Wildman–Crippen LogP) is 3.64. The number of nitro groups is 1. The molecule has 0 saturated heterocycles. The van der Waals surface area contributed by atoms with E-state index in [2.05, 4.69) is 4.52 Å². The highest BCUT2D eigenvalue weighted by atomic mass is 35.5. The van der Waals surface area contributed by atoms with Crippen LogP contribution in [0.15, 0.2) is 18.2 Å². The molecule has 0 bridgehead atoms. The molecule has 0 aliphatic heterocycles. The van der Waals surface area contributed by atoms with E-state index in [-0.39, 0.29) is 28.9 Å². The number of phosphoric ester groups is 1. The van der Waals surface area contributed by atoms with Crippen LogP contribution in [0.2, 0.25) is 5.02 Å². The number of benzene rings is 1. The number of alkyl halides is 1. The number of hydrogen-bond donors (Lipinski definition) is 0. The lowest BCUT2D eigenvalue weighted by Gasteiger charge is -2.16. The SMILES string of the molecule is COP(=O)(OCCCl)Oc1ccc([N+](=O)[O-])cc1Cl. The van der Waals surface area contributed by atoms with E-state index in [9.17, 15) is 14.7 Å². The molecule has 0 saturated carbocycles. The zero-order valence-electron chi connectivity index (χ0n) is 9.75. The van der Waals surface area contributed by atoms with E-state index in [4.69, 9.17) is 32.2 Å². The first-order valence-electron chi connectivity index (χ1n) is 4.91. The van der Waals surface area contributed by atoms with Crippen LogP contribution in [0.4, 0.5) is 5.69 Å². The summed E-state index contributed by atoms with van der Waals surface area (Å²) in [5, 5.41) is 10.5. The normalized spacial score (nSPS) is 13.8. The standard InChI is InChI=1S/C9H10Cl2NO6P/c1-16-19(15,17-5-4-10)18-9-3-2-7(12(13)14)6-8(9)11/h2-3,6H,4-5H2,1H3. The fraction of sp³-hybridized carbons (Fsp3) is 0.333. The molecule has 1 aromatic rings. The van der Waals surface area contributed by atoms with Gasteiger partial charge >= 0.3 is 7.82 Å². The van der Waals surface area contributed by atoms with Crippen molar-refractivity contribution < 1.29 is 23.1 Å². The van der Waals surface area contributed by atoms with E-state index in [0.717, 1.165) is 19.2 Å². The summed E-state index contributed by atoms with van der Waals surface area (Å²) in [5.41, 5.74) is -0.216. The zero-order valence-corrected chi connectivity index (χ0v) is 12.2. The predicted molar refractivity (Wildman–Crippen MR) is 70.0 cm³/mol. The Bertz CT molecular complexity index is 511. The second kappa shape index (κ2) is 7.07. The Morgan fingerprint density at radius 3 is 2.63 bits per heavy atom. The summed E-state index contributed by atoms with van der Waals surface area (Å²) in [6.07, 6.45) is 0. The van der Waals surface area contributed by atoms with Crippen molar-refractivity contribution in [1.29, 1.82) is 0 Å². The third-order valence-electron chi connectivity index (χ3n) is 1.89. The summed E-state index contributed by atoms with van der Waals surface area (Å²) in [6, 6.07) is 3.43. The molecular weight excluding hydrogens is 320 g/mol. The highest BCUT2D eigenvalue weighted by Gasteiger charge is 2.28. The van der Waals surface area contributed by atoms with Gasteiger partial charge in [0.2, 0.25) is 0 Å². The van der Waals surface area contributed by atoms with Crippen molar-refractivity contribution in [1.82, 2.24) is 0 Å². The van der Waals surface area contributed by atoms with Crippen LogP contribution < -0.4 is 4.52 Å². The molecule has 19 heavy (non-hydrogen) atoms. The summed E-state index contributed by atoms with van der Waals surface area (Å²) < 4.78 is 26.5. The maximum absolute atomic E-state index is 12.0. The monoisotopic (exact) mass is 329 g/mol. The number of nitrogens with zero attached hydrogens (tertiary/aromatic N) is 1. The van der Waals surface area contributed by atoms with Crippen molar-refractivity contribution >= 4 is 36.7 Å². The number of rotatable bonds is 7. The largest absolute Gasteiger partial charge is 0.529 e. The molecule has 0 aliphatic rings. The first kappa shape index (κ1) is 16.2. The average molecular weight is 330 g/mol. The van der Waals surface area contributed by atoms with Crippen LogP contribution in [-0.2, 0) is 13.6 Å². The lowest BCUT2D eigenvalue weighted by atomic mass is 10.3. The second-order valence-electron chi connectivity index (χ2n) is 3.12. The lowest BCUT2D eigenvalue weighted by Crippen LogP contribution is -2.02. The Balaban J connectivity index is 2.92. The summed E-state index contributed by atoms with van der Waals surface area (Å²) >= 11 is 11.2. The minimum Gasteiger partial charge on any atom is -0.402 e. The van der Waals surface area contributed by atoms with Gasteiger partial charge in [-0.3, -0.25) is 19.2 Å². The highest BCUT2D eigenvalue weighted by molar-refractivity contribution is 7.48. The van der Waals surface area contributed by atoms with E-state index in [1.165, 1.54) is 6.07 Å². The van der Waals surface area contributed by atoms with Crippen LogP contribution in [0, 0.1) is 10.1 Å². The molecule has 0 aliphatic carbocycles. The van der Waals surface area contributed by atoms with Gasteiger partial charge in [0.05, 0.1) is 16.6 Å². The first-order chi connectivity index (χ1) is 8.91. The highest BCUT2D eigenvalue weighted by Crippen LogP contribution is 2.50. The molecule has 1 rings (SSSR count). The molecule has 106 valence electrons. The van der Waals surface area contributed by atoms with E-state index >= 15 is 0 Å². The van der Waals surface area contributed by atoms with Crippen LogP contribution in [0.1, 0.15) is 0 Å². The van der Waals surface area contributed by atoms with Gasteiger partial charge in [-0.1, -0.05) is 11.6 Å². The maximum atomic E-state index is 12.0. The molecule has 0 aromatic heterocycles. The summed E-state index contributed by atoms with van der Waals surface area (Å²) in [4.78, 5) is 9.92. The van der Waals surface area contributed by atoms with Crippen molar-refractivity contribution in [2.24, 2.45) is 0 Å². The van der Waals surface area contributed by atoms with E-state index in [0.29, 0.717) is 0 Å². The number of halogens is 2. The van der Waals surface area contributed by atoms with Gasteiger partial charge in [-0.25, -0.2) is 4.57 Å². The van der Waals surface area contributed by atoms with Gasteiger partial charge < -0.3 is 4.52 Å². The number of phosphoric acid groups is 1. The van der Waals surface area contributed by atoms with E-state index in [1.807, 2.05) is 0 Å². The third kappa shape index (κ3) is 4.63. The van der Waals surface area contributed by atoms with Crippen LogP contribution >= 0.6 is 31.0 Å². The lowest BCUT2D eigenvalue weighted by molar-refractivity contribution is -0.384. The van der Waals surface area contributed by atoms with Crippen LogP contribution in [0.3, 0.4) is 0 Å². The maximum Gasteiger partial charge on any atom is 0.529 e. The Morgan fingerprint density at radius 1 is 1.47 bits per heavy atom. The van der Waals surface area contributed by atoms with E-state index < -0.39 is 12.7 Å². The van der Waals surface area contributed by atoms with Crippen LogP contribution in [0.5, 0.6) is 5.75 Å². The molecule has 0 amide bonds. The van der Waals surface area contributed by atoms with Gasteiger partial charge in [0.15, 0.2) is 5.75 Å². The van der Waals surface area contributed by atoms with Gasteiger partial charge in [-0.2, -0.15) is 0 Å². The van der Waals surface area contributed by atoms with Gasteiger partial charge in [0.25, 0.3) is 5.69 Å². The smallest absolute Gasteiger partial charge is 0.402 e. The van der Waals surface area contributed by atoms with Crippen molar-refractivity contribution in [3.63, 3.8) is 0 Å². The molecule has 10 heteroatoms. The molecule has 0 fully saturated rings. The molecule has 1 unspecified atom stereocenters. The number of hydrogen-bond acceptors (Lipinski definition) is 6. The Kier molecular flexibility index (Phi) is 6.03. The number of nitro benzene ring substituents is 1. The third-order valence-corrected chi connectivity index (χ3v) is 3.70.